The monoisotopic (exact) mass is 374 g/mol. The van der Waals surface area contributed by atoms with Crippen LogP contribution in [0.3, 0.4) is 0 Å². The summed E-state index contributed by atoms with van der Waals surface area (Å²) in [6.45, 7) is 3.85. The summed E-state index contributed by atoms with van der Waals surface area (Å²) in [5.41, 5.74) is 2.53. The van der Waals surface area contributed by atoms with Crippen LogP contribution in [0.15, 0.2) is 33.8 Å². The number of aliphatic carboxylic acids is 1. The zero-order valence-corrected chi connectivity index (χ0v) is 15.1. The second-order valence-corrected chi connectivity index (χ2v) is 7.72. The SMILES string of the molecule is Cc1cc(C)n(-c2nnc3n2N=C(c2cccs2)[C@H](CC(=O)O)S3)n1. The molecule has 4 heterocycles. The van der Waals surface area contributed by atoms with E-state index in [2.05, 4.69) is 20.4 Å². The van der Waals surface area contributed by atoms with Crippen molar-refractivity contribution in [2.45, 2.75) is 30.7 Å². The van der Waals surface area contributed by atoms with Crippen molar-refractivity contribution in [2.75, 3.05) is 0 Å². The minimum atomic E-state index is -0.867. The van der Waals surface area contributed by atoms with Gasteiger partial charge in [0.15, 0.2) is 0 Å². The molecule has 0 spiro atoms. The van der Waals surface area contributed by atoms with Crippen LogP contribution < -0.4 is 0 Å². The number of hydrogen-bond acceptors (Lipinski definition) is 7. The Hall–Kier alpha value is -2.46. The molecule has 1 atom stereocenters. The summed E-state index contributed by atoms with van der Waals surface area (Å²) in [5, 5.41) is 28.9. The maximum atomic E-state index is 11.2. The van der Waals surface area contributed by atoms with E-state index in [0.29, 0.717) is 11.1 Å². The molecule has 10 heteroatoms. The molecule has 1 N–H and O–H groups in total. The average molecular weight is 374 g/mol. The summed E-state index contributed by atoms with van der Waals surface area (Å²) < 4.78 is 3.33. The van der Waals surface area contributed by atoms with E-state index in [1.807, 2.05) is 37.4 Å². The van der Waals surface area contributed by atoms with Gasteiger partial charge in [0.2, 0.25) is 5.16 Å². The van der Waals surface area contributed by atoms with E-state index >= 15 is 0 Å². The van der Waals surface area contributed by atoms with E-state index in [-0.39, 0.29) is 11.7 Å². The third-order valence-electron chi connectivity index (χ3n) is 3.69. The van der Waals surface area contributed by atoms with Gasteiger partial charge in [-0.05, 0) is 31.4 Å². The number of carbonyl (C=O) groups is 1. The topological polar surface area (TPSA) is 98.2 Å². The zero-order valence-electron chi connectivity index (χ0n) is 13.4. The molecule has 0 aliphatic carbocycles. The number of fused-ring (bicyclic) bond motifs is 1. The van der Waals surface area contributed by atoms with Gasteiger partial charge in [0.1, 0.15) is 0 Å². The molecule has 128 valence electrons. The predicted molar refractivity (Wildman–Crippen MR) is 94.8 cm³/mol. The number of rotatable bonds is 4. The predicted octanol–water partition coefficient (Wildman–Crippen LogP) is 2.34. The molecule has 0 saturated heterocycles. The standard InChI is InChI=1S/C15H14N6O2S2/c1-8-6-9(2)20(18-8)14-16-17-15-21(14)19-13(10-4-3-5-24-10)11(25-15)7-12(22)23/h3-6,11H,7H2,1-2H3,(H,22,23)/t11-/m0/s1. The molecule has 0 unspecified atom stereocenters. The van der Waals surface area contributed by atoms with E-state index in [0.717, 1.165) is 22.0 Å². The number of nitrogens with zero attached hydrogens (tertiary/aromatic N) is 6. The highest BCUT2D eigenvalue weighted by Crippen LogP contribution is 2.34. The van der Waals surface area contributed by atoms with Gasteiger partial charge in [0.05, 0.1) is 28.0 Å². The van der Waals surface area contributed by atoms with Gasteiger partial charge >= 0.3 is 5.97 Å². The van der Waals surface area contributed by atoms with E-state index in [4.69, 9.17) is 0 Å². The summed E-state index contributed by atoms with van der Waals surface area (Å²) in [5.74, 6) is -0.371. The van der Waals surface area contributed by atoms with Gasteiger partial charge in [-0.3, -0.25) is 4.79 Å². The molecular weight excluding hydrogens is 360 g/mol. The maximum absolute atomic E-state index is 11.2. The van der Waals surface area contributed by atoms with Crippen LogP contribution in [0, 0.1) is 13.8 Å². The number of hydrogen-bond donors (Lipinski definition) is 1. The Kier molecular flexibility index (Phi) is 3.92. The van der Waals surface area contributed by atoms with Crippen LogP contribution in [0.4, 0.5) is 0 Å². The highest BCUT2D eigenvalue weighted by molar-refractivity contribution is 8.00. The van der Waals surface area contributed by atoms with Crippen molar-refractivity contribution >= 4 is 34.8 Å². The largest absolute Gasteiger partial charge is 0.481 e. The van der Waals surface area contributed by atoms with Crippen LogP contribution in [0.1, 0.15) is 22.7 Å². The molecule has 1 aliphatic heterocycles. The lowest BCUT2D eigenvalue weighted by Crippen LogP contribution is -2.26. The number of aromatic nitrogens is 5. The summed E-state index contributed by atoms with van der Waals surface area (Å²) in [7, 11) is 0. The van der Waals surface area contributed by atoms with Gasteiger partial charge < -0.3 is 5.11 Å². The summed E-state index contributed by atoms with van der Waals surface area (Å²) in [6, 6.07) is 5.82. The van der Waals surface area contributed by atoms with E-state index in [1.54, 1.807) is 9.36 Å². The number of thiophene rings is 1. The van der Waals surface area contributed by atoms with E-state index in [9.17, 15) is 9.90 Å². The molecule has 8 nitrogen and oxygen atoms in total. The third-order valence-corrected chi connectivity index (χ3v) is 5.72. The average Bonchev–Trinajstić information content (AvgIpc) is 3.26. The van der Waals surface area contributed by atoms with Crippen molar-refractivity contribution in [1.82, 2.24) is 24.7 Å². The Morgan fingerprint density at radius 3 is 2.84 bits per heavy atom. The van der Waals surface area contributed by atoms with Gasteiger partial charge in [-0.25, -0.2) is 4.68 Å². The van der Waals surface area contributed by atoms with Crippen LogP contribution in [0.25, 0.3) is 5.95 Å². The lowest BCUT2D eigenvalue weighted by Gasteiger charge is -2.20. The van der Waals surface area contributed by atoms with Crippen LogP contribution in [0.2, 0.25) is 0 Å². The van der Waals surface area contributed by atoms with Crippen LogP contribution in [0.5, 0.6) is 0 Å². The second-order valence-electron chi connectivity index (χ2n) is 5.60. The Morgan fingerprint density at radius 2 is 2.20 bits per heavy atom. The Bertz CT molecular complexity index is 972. The highest BCUT2D eigenvalue weighted by Gasteiger charge is 2.31. The first-order chi connectivity index (χ1) is 12.0. The minimum absolute atomic E-state index is 0.0243. The van der Waals surface area contributed by atoms with Crippen molar-refractivity contribution in [3.05, 3.63) is 39.8 Å². The molecule has 0 radical (unpaired) electrons. The Balaban J connectivity index is 1.84. The first-order valence-corrected chi connectivity index (χ1v) is 9.29. The summed E-state index contributed by atoms with van der Waals surface area (Å²) in [6.07, 6.45) is -0.0243. The molecule has 0 amide bonds. The van der Waals surface area contributed by atoms with Crippen molar-refractivity contribution in [3.63, 3.8) is 0 Å². The molecule has 0 aromatic carbocycles. The van der Waals surface area contributed by atoms with Crippen LogP contribution in [-0.2, 0) is 4.79 Å². The summed E-state index contributed by atoms with van der Waals surface area (Å²) >= 11 is 2.90. The van der Waals surface area contributed by atoms with Crippen LogP contribution in [-0.4, -0.2) is 46.7 Å². The highest BCUT2D eigenvalue weighted by atomic mass is 32.2. The molecule has 4 rings (SSSR count). The lowest BCUT2D eigenvalue weighted by molar-refractivity contribution is -0.136. The third kappa shape index (κ3) is 2.87. The fourth-order valence-corrected chi connectivity index (χ4v) is 4.58. The molecule has 3 aromatic heterocycles. The van der Waals surface area contributed by atoms with Crippen molar-refractivity contribution in [1.29, 1.82) is 0 Å². The lowest BCUT2D eigenvalue weighted by atomic mass is 10.1. The van der Waals surface area contributed by atoms with Gasteiger partial charge in [-0.2, -0.15) is 14.9 Å². The minimum Gasteiger partial charge on any atom is -0.481 e. The number of aryl methyl sites for hydroxylation is 2. The number of carboxylic acids is 1. The van der Waals surface area contributed by atoms with E-state index < -0.39 is 5.97 Å². The van der Waals surface area contributed by atoms with Crippen molar-refractivity contribution in [3.8, 4) is 5.95 Å². The van der Waals surface area contributed by atoms with Crippen LogP contribution >= 0.6 is 23.1 Å². The Morgan fingerprint density at radius 1 is 1.36 bits per heavy atom. The van der Waals surface area contributed by atoms with Gasteiger partial charge in [0, 0.05) is 5.69 Å². The molecule has 0 fully saturated rings. The zero-order chi connectivity index (χ0) is 17.6. The number of thioether (sulfide) groups is 1. The number of carboxylic acid groups (broad SMARTS) is 1. The molecular formula is C15H14N6O2S2. The maximum Gasteiger partial charge on any atom is 0.304 e. The first-order valence-electron chi connectivity index (χ1n) is 7.53. The summed E-state index contributed by atoms with van der Waals surface area (Å²) in [4.78, 5) is 12.2. The van der Waals surface area contributed by atoms with Crippen molar-refractivity contribution < 1.29 is 9.90 Å². The van der Waals surface area contributed by atoms with Crippen molar-refractivity contribution in [2.24, 2.45) is 5.10 Å². The fraction of sp³-hybridized carbons (Fsp3) is 0.267. The Labute approximate surface area is 151 Å². The normalized spacial score (nSPS) is 16.6. The molecule has 3 aromatic rings. The molecule has 0 bridgehead atoms. The van der Waals surface area contributed by atoms with E-state index in [1.165, 1.54) is 23.1 Å². The van der Waals surface area contributed by atoms with Gasteiger partial charge in [-0.15, -0.1) is 21.5 Å². The molecule has 0 saturated carbocycles. The van der Waals surface area contributed by atoms with Gasteiger partial charge in [-0.1, -0.05) is 17.8 Å². The smallest absolute Gasteiger partial charge is 0.304 e. The fourth-order valence-electron chi connectivity index (χ4n) is 2.67. The van der Waals surface area contributed by atoms with Gasteiger partial charge in [0.25, 0.3) is 5.95 Å². The quantitative estimate of drug-likeness (QED) is 0.753. The second kappa shape index (κ2) is 6.12. The molecule has 1 aliphatic rings. The molecule has 25 heavy (non-hydrogen) atoms. The first kappa shape index (κ1) is 16.0.